The standard InChI is InChI=1S/C52H33N5/c1-4-15-35(16-5-1)45-33-57-31-30-43-47(52(57)54-45)42-22-12-13-23-44(42)53-48(43)39-27-25-36(26-28-39)46-49(37-17-6-2-7-18-37)55-51(56-50(46)38-19-8-3-9-20-38)41-29-24-34-14-10-11-21-40(34)32-41/h1-33H. The van der Waals surface area contributed by atoms with Gasteiger partial charge in [-0.05, 0) is 34.5 Å². The van der Waals surface area contributed by atoms with E-state index in [1.54, 1.807) is 0 Å². The van der Waals surface area contributed by atoms with Crippen molar-refractivity contribution in [3.63, 3.8) is 0 Å². The molecule has 0 spiro atoms. The lowest BCUT2D eigenvalue weighted by Gasteiger charge is -2.17. The Bertz CT molecular complexity index is 3200. The molecular formula is C52H33N5. The summed E-state index contributed by atoms with van der Waals surface area (Å²) in [5.41, 5.74) is 12.6. The van der Waals surface area contributed by atoms with Crippen LogP contribution < -0.4 is 0 Å². The summed E-state index contributed by atoms with van der Waals surface area (Å²) in [7, 11) is 0. The fourth-order valence-corrected chi connectivity index (χ4v) is 8.04. The number of para-hydroxylation sites is 1. The molecule has 4 aromatic heterocycles. The SMILES string of the molecule is c1ccc(-c2cn3ccc4c(-c5ccc(-c6c(-c7ccccc7)nc(-c7ccc8ccccc8c7)nc6-c6ccccc6)cc5)nc5ccccc5c4c3n2)cc1. The molecule has 0 aliphatic rings. The van der Waals surface area contributed by atoms with Gasteiger partial charge < -0.3 is 4.40 Å². The van der Waals surface area contributed by atoms with Crippen molar-refractivity contribution in [3.8, 4) is 67.5 Å². The van der Waals surface area contributed by atoms with E-state index in [0.717, 1.165) is 94.4 Å². The Hall–Kier alpha value is -7.76. The van der Waals surface area contributed by atoms with Crippen LogP contribution in [-0.2, 0) is 0 Å². The number of hydrogen-bond donors (Lipinski definition) is 0. The van der Waals surface area contributed by atoms with Crippen molar-refractivity contribution in [2.45, 2.75) is 0 Å². The van der Waals surface area contributed by atoms with E-state index < -0.39 is 0 Å². The van der Waals surface area contributed by atoms with E-state index in [0.29, 0.717) is 5.82 Å². The number of benzene rings is 7. The van der Waals surface area contributed by atoms with Gasteiger partial charge in [-0.3, -0.25) is 0 Å². The average molecular weight is 728 g/mol. The number of pyridine rings is 2. The van der Waals surface area contributed by atoms with Gasteiger partial charge in [-0.15, -0.1) is 0 Å². The first-order chi connectivity index (χ1) is 28.2. The van der Waals surface area contributed by atoms with Gasteiger partial charge in [-0.25, -0.2) is 19.9 Å². The second-order valence-corrected chi connectivity index (χ2v) is 14.3. The van der Waals surface area contributed by atoms with E-state index in [-0.39, 0.29) is 0 Å². The van der Waals surface area contributed by atoms with Crippen LogP contribution in [0.3, 0.4) is 0 Å². The van der Waals surface area contributed by atoms with E-state index >= 15 is 0 Å². The smallest absolute Gasteiger partial charge is 0.160 e. The van der Waals surface area contributed by atoms with E-state index in [2.05, 4.69) is 181 Å². The lowest BCUT2D eigenvalue weighted by molar-refractivity contribution is 1.19. The molecule has 0 saturated carbocycles. The molecule has 266 valence electrons. The topological polar surface area (TPSA) is 56.0 Å². The van der Waals surface area contributed by atoms with Gasteiger partial charge in [0.2, 0.25) is 0 Å². The van der Waals surface area contributed by atoms with Crippen LogP contribution in [0.25, 0.3) is 106 Å². The molecule has 5 heteroatoms. The quantitative estimate of drug-likeness (QED) is 0.160. The van der Waals surface area contributed by atoms with Crippen molar-refractivity contribution in [1.29, 1.82) is 0 Å². The molecule has 5 nitrogen and oxygen atoms in total. The third kappa shape index (κ3) is 5.72. The molecule has 0 aliphatic heterocycles. The van der Waals surface area contributed by atoms with Gasteiger partial charge in [0.1, 0.15) is 5.65 Å². The molecule has 0 radical (unpaired) electrons. The minimum Gasteiger partial charge on any atom is -0.306 e. The highest BCUT2D eigenvalue weighted by atomic mass is 15.0. The third-order valence-electron chi connectivity index (χ3n) is 10.8. The summed E-state index contributed by atoms with van der Waals surface area (Å²) < 4.78 is 2.13. The van der Waals surface area contributed by atoms with E-state index in [1.807, 2.05) is 24.3 Å². The van der Waals surface area contributed by atoms with Gasteiger partial charge in [-0.1, -0.05) is 170 Å². The van der Waals surface area contributed by atoms with E-state index in [1.165, 1.54) is 5.39 Å². The van der Waals surface area contributed by atoms with Crippen LogP contribution in [0.5, 0.6) is 0 Å². The zero-order valence-corrected chi connectivity index (χ0v) is 30.8. The summed E-state index contributed by atoms with van der Waals surface area (Å²) in [6.45, 7) is 0. The first kappa shape index (κ1) is 32.7. The van der Waals surface area contributed by atoms with Gasteiger partial charge in [0.25, 0.3) is 0 Å². The summed E-state index contributed by atoms with van der Waals surface area (Å²) in [6, 6.07) is 65.3. The van der Waals surface area contributed by atoms with Crippen LogP contribution in [0, 0.1) is 0 Å². The summed E-state index contributed by atoms with van der Waals surface area (Å²) >= 11 is 0. The third-order valence-corrected chi connectivity index (χ3v) is 10.8. The van der Waals surface area contributed by atoms with Crippen LogP contribution in [0.15, 0.2) is 200 Å². The molecule has 0 amide bonds. The second kappa shape index (κ2) is 13.5. The molecule has 0 fully saturated rings. The number of imidazole rings is 1. The number of rotatable bonds is 6. The number of aromatic nitrogens is 5. The van der Waals surface area contributed by atoms with Gasteiger partial charge in [0.05, 0.1) is 28.3 Å². The molecule has 0 N–H and O–H groups in total. The van der Waals surface area contributed by atoms with Crippen molar-refractivity contribution >= 4 is 38.1 Å². The molecule has 0 atom stereocenters. The first-order valence-corrected chi connectivity index (χ1v) is 19.1. The van der Waals surface area contributed by atoms with Gasteiger partial charge >= 0.3 is 0 Å². The molecular weight excluding hydrogens is 695 g/mol. The normalized spacial score (nSPS) is 11.5. The zero-order chi connectivity index (χ0) is 37.7. The lowest BCUT2D eigenvalue weighted by Crippen LogP contribution is -2.01. The number of fused-ring (bicyclic) bond motifs is 6. The Balaban J connectivity index is 1.11. The van der Waals surface area contributed by atoms with Crippen LogP contribution in [0.1, 0.15) is 0 Å². The lowest BCUT2D eigenvalue weighted by atomic mass is 9.92. The Morgan fingerprint density at radius 1 is 0.368 bits per heavy atom. The summed E-state index contributed by atoms with van der Waals surface area (Å²) in [5, 5.41) is 5.55. The van der Waals surface area contributed by atoms with Crippen molar-refractivity contribution < 1.29 is 0 Å². The van der Waals surface area contributed by atoms with Crippen molar-refractivity contribution in [2.24, 2.45) is 0 Å². The largest absolute Gasteiger partial charge is 0.306 e. The minimum absolute atomic E-state index is 0.686. The molecule has 0 unspecified atom stereocenters. The highest BCUT2D eigenvalue weighted by molar-refractivity contribution is 6.16. The highest BCUT2D eigenvalue weighted by Gasteiger charge is 2.21. The average Bonchev–Trinajstić information content (AvgIpc) is 3.74. The monoisotopic (exact) mass is 727 g/mol. The maximum Gasteiger partial charge on any atom is 0.160 e. The molecule has 11 aromatic rings. The number of hydrogen-bond acceptors (Lipinski definition) is 4. The summed E-state index contributed by atoms with van der Waals surface area (Å²) in [4.78, 5) is 21.2. The predicted molar refractivity (Wildman–Crippen MR) is 234 cm³/mol. The van der Waals surface area contributed by atoms with Gasteiger partial charge in [0.15, 0.2) is 5.82 Å². The highest BCUT2D eigenvalue weighted by Crippen LogP contribution is 2.42. The van der Waals surface area contributed by atoms with Gasteiger partial charge in [0, 0.05) is 61.9 Å². The van der Waals surface area contributed by atoms with E-state index in [9.17, 15) is 0 Å². The van der Waals surface area contributed by atoms with Crippen LogP contribution in [0.4, 0.5) is 0 Å². The zero-order valence-electron chi connectivity index (χ0n) is 30.8. The van der Waals surface area contributed by atoms with Crippen molar-refractivity contribution in [2.75, 3.05) is 0 Å². The molecule has 11 rings (SSSR count). The molecule has 7 aromatic carbocycles. The molecule has 0 saturated heterocycles. The van der Waals surface area contributed by atoms with E-state index in [4.69, 9.17) is 19.9 Å². The molecule has 0 bridgehead atoms. The van der Waals surface area contributed by atoms with Crippen LogP contribution >= 0.6 is 0 Å². The summed E-state index contributed by atoms with van der Waals surface area (Å²) in [5.74, 6) is 0.686. The van der Waals surface area contributed by atoms with Gasteiger partial charge in [-0.2, -0.15) is 0 Å². The molecule has 0 aliphatic carbocycles. The van der Waals surface area contributed by atoms with Crippen molar-refractivity contribution in [3.05, 3.63) is 200 Å². The van der Waals surface area contributed by atoms with Crippen molar-refractivity contribution in [1.82, 2.24) is 24.3 Å². The number of nitrogens with zero attached hydrogens (tertiary/aromatic N) is 5. The Morgan fingerprint density at radius 3 is 1.63 bits per heavy atom. The second-order valence-electron chi connectivity index (χ2n) is 14.3. The fraction of sp³-hybridized carbons (Fsp3) is 0. The Morgan fingerprint density at radius 2 is 0.930 bits per heavy atom. The molecule has 4 heterocycles. The molecule has 57 heavy (non-hydrogen) atoms. The van der Waals surface area contributed by atoms with Crippen LogP contribution in [0.2, 0.25) is 0 Å². The minimum atomic E-state index is 0.686. The first-order valence-electron chi connectivity index (χ1n) is 19.1. The van der Waals surface area contributed by atoms with Crippen LogP contribution in [-0.4, -0.2) is 24.3 Å². The maximum absolute atomic E-state index is 5.36. The fourth-order valence-electron chi connectivity index (χ4n) is 8.04. The summed E-state index contributed by atoms with van der Waals surface area (Å²) in [6.07, 6.45) is 4.20. The predicted octanol–water partition coefficient (Wildman–Crippen LogP) is 13.0. The Kier molecular flexibility index (Phi) is 7.74. The Labute approximate surface area is 329 Å². The maximum atomic E-state index is 5.36.